The third kappa shape index (κ3) is 3.64. The highest BCUT2D eigenvalue weighted by Crippen LogP contribution is 2.39. The van der Waals surface area contributed by atoms with Gasteiger partial charge in [-0.2, -0.15) is 5.26 Å². The number of carbonyl (C=O) groups excluding carboxylic acids is 1. The maximum Gasteiger partial charge on any atom is 0.260 e. The number of rotatable bonds is 4. The van der Waals surface area contributed by atoms with Crippen LogP contribution in [0.1, 0.15) is 39.7 Å². The predicted molar refractivity (Wildman–Crippen MR) is 111 cm³/mol. The smallest absolute Gasteiger partial charge is 0.260 e. The number of aryl methyl sites for hydroxylation is 1. The summed E-state index contributed by atoms with van der Waals surface area (Å²) in [6.45, 7) is 2.21. The van der Waals surface area contributed by atoms with Crippen molar-refractivity contribution >= 4 is 22.2 Å². The lowest BCUT2D eigenvalue weighted by Crippen LogP contribution is -2.13. The Hall–Kier alpha value is -3.10. The zero-order chi connectivity index (χ0) is 19.5. The highest BCUT2D eigenvalue weighted by Gasteiger charge is 2.25. The van der Waals surface area contributed by atoms with Crippen LogP contribution in [0.5, 0.6) is 11.5 Å². The van der Waals surface area contributed by atoms with Crippen LogP contribution in [0.4, 0.5) is 5.00 Å². The summed E-state index contributed by atoms with van der Waals surface area (Å²) in [6, 6.07) is 18.8. The summed E-state index contributed by atoms with van der Waals surface area (Å²) in [6.07, 6.45) is 3.00. The van der Waals surface area contributed by atoms with Gasteiger partial charge in [-0.25, -0.2) is 0 Å². The number of hydrogen-bond donors (Lipinski definition) is 1. The predicted octanol–water partition coefficient (Wildman–Crippen LogP) is 5.79. The maximum absolute atomic E-state index is 13.0. The van der Waals surface area contributed by atoms with Crippen LogP contribution in [0.15, 0.2) is 54.6 Å². The van der Waals surface area contributed by atoms with E-state index < -0.39 is 0 Å². The number of hydrogen-bond acceptors (Lipinski definition) is 4. The molecule has 5 heteroatoms. The minimum Gasteiger partial charge on any atom is -0.457 e. The Labute approximate surface area is 168 Å². The van der Waals surface area contributed by atoms with Gasteiger partial charge in [-0.3, -0.25) is 4.79 Å². The van der Waals surface area contributed by atoms with Gasteiger partial charge in [-0.05, 0) is 55.0 Å². The molecule has 1 N–H and O–H groups in total. The normalized spacial score (nSPS) is 15.4. The van der Waals surface area contributed by atoms with Gasteiger partial charge in [0.15, 0.2) is 0 Å². The molecule has 0 bridgehead atoms. The summed E-state index contributed by atoms with van der Waals surface area (Å²) < 4.78 is 5.90. The van der Waals surface area contributed by atoms with Gasteiger partial charge < -0.3 is 10.1 Å². The van der Waals surface area contributed by atoms with E-state index in [1.54, 1.807) is 18.2 Å². The molecule has 0 saturated carbocycles. The molecule has 1 aromatic heterocycles. The Morgan fingerprint density at radius 2 is 1.93 bits per heavy atom. The number of benzene rings is 2. The second-order valence-corrected chi connectivity index (χ2v) is 8.14. The van der Waals surface area contributed by atoms with Crippen molar-refractivity contribution in [2.45, 2.75) is 26.2 Å². The van der Waals surface area contributed by atoms with Crippen LogP contribution in [-0.2, 0) is 12.8 Å². The highest BCUT2D eigenvalue weighted by molar-refractivity contribution is 7.16. The Morgan fingerprint density at radius 1 is 1.18 bits per heavy atom. The van der Waals surface area contributed by atoms with Gasteiger partial charge >= 0.3 is 0 Å². The fraction of sp³-hybridized carbons (Fsp3) is 0.217. The van der Waals surface area contributed by atoms with E-state index in [4.69, 9.17) is 4.74 Å². The number of anilines is 1. The Balaban J connectivity index is 1.61. The zero-order valence-corrected chi connectivity index (χ0v) is 16.4. The zero-order valence-electron chi connectivity index (χ0n) is 15.6. The molecule has 0 aliphatic heterocycles. The van der Waals surface area contributed by atoms with Crippen molar-refractivity contribution in [3.63, 3.8) is 0 Å². The molecule has 0 spiro atoms. The van der Waals surface area contributed by atoms with Crippen molar-refractivity contribution < 1.29 is 9.53 Å². The first-order chi connectivity index (χ1) is 13.7. The molecule has 1 heterocycles. The Morgan fingerprint density at radius 3 is 2.71 bits per heavy atom. The quantitative estimate of drug-likeness (QED) is 0.615. The van der Waals surface area contributed by atoms with E-state index >= 15 is 0 Å². The molecule has 1 unspecified atom stereocenters. The lowest BCUT2D eigenvalue weighted by atomic mass is 9.88. The summed E-state index contributed by atoms with van der Waals surface area (Å²) in [5.74, 6) is 1.45. The minimum atomic E-state index is -0.269. The van der Waals surface area contributed by atoms with E-state index in [-0.39, 0.29) is 5.91 Å². The average Bonchev–Trinajstić information content (AvgIpc) is 3.05. The van der Waals surface area contributed by atoms with Crippen molar-refractivity contribution in [3.8, 4) is 17.6 Å². The molecule has 0 saturated heterocycles. The number of nitrogens with one attached hydrogen (secondary N) is 1. The van der Waals surface area contributed by atoms with Crippen LogP contribution in [0.2, 0.25) is 0 Å². The van der Waals surface area contributed by atoms with Crippen LogP contribution >= 0.6 is 11.3 Å². The van der Waals surface area contributed by atoms with E-state index in [0.717, 1.165) is 24.8 Å². The molecule has 3 aromatic rings. The van der Waals surface area contributed by atoms with Crippen molar-refractivity contribution in [3.05, 3.63) is 76.2 Å². The molecule has 1 atom stereocenters. The molecule has 4 nitrogen and oxygen atoms in total. The van der Waals surface area contributed by atoms with Gasteiger partial charge in [-0.15, -0.1) is 11.3 Å². The van der Waals surface area contributed by atoms with E-state index in [0.29, 0.717) is 33.5 Å². The van der Waals surface area contributed by atoms with Crippen molar-refractivity contribution in [2.24, 2.45) is 5.92 Å². The van der Waals surface area contributed by atoms with E-state index in [1.165, 1.54) is 16.2 Å². The lowest BCUT2D eigenvalue weighted by molar-refractivity contribution is 0.102. The molecule has 2 aromatic carbocycles. The first kappa shape index (κ1) is 18.3. The van der Waals surface area contributed by atoms with Crippen LogP contribution in [-0.4, -0.2) is 5.91 Å². The summed E-state index contributed by atoms with van der Waals surface area (Å²) in [5, 5.41) is 13.3. The van der Waals surface area contributed by atoms with Crippen LogP contribution in [0, 0.1) is 17.2 Å². The second kappa shape index (κ2) is 7.87. The summed E-state index contributed by atoms with van der Waals surface area (Å²) >= 11 is 1.53. The number of carbonyl (C=O) groups is 1. The van der Waals surface area contributed by atoms with Crippen molar-refractivity contribution in [1.82, 2.24) is 0 Å². The first-order valence-electron chi connectivity index (χ1n) is 9.33. The van der Waals surface area contributed by atoms with E-state index in [2.05, 4.69) is 18.3 Å². The third-order valence-electron chi connectivity index (χ3n) is 4.95. The number of nitrogens with zero attached hydrogens (tertiary/aromatic N) is 1. The molecule has 4 rings (SSSR count). The molecule has 0 fully saturated rings. The molecule has 0 radical (unpaired) electrons. The maximum atomic E-state index is 13.0. The summed E-state index contributed by atoms with van der Waals surface area (Å²) in [4.78, 5) is 14.2. The molecule has 1 aliphatic rings. The van der Waals surface area contributed by atoms with Gasteiger partial charge in [0.05, 0.1) is 11.1 Å². The number of fused-ring (bicyclic) bond motifs is 1. The highest BCUT2D eigenvalue weighted by atomic mass is 32.1. The second-order valence-electron chi connectivity index (χ2n) is 7.03. The average molecular weight is 388 g/mol. The summed E-state index contributed by atoms with van der Waals surface area (Å²) in [7, 11) is 0. The Bertz CT molecular complexity index is 1050. The number of amides is 1. The van der Waals surface area contributed by atoms with Gasteiger partial charge in [0.1, 0.15) is 22.6 Å². The molecule has 1 amide bonds. The SMILES string of the molecule is CC1CCc2sc(NC(=O)c3ccccc3Oc3ccccc3)c(C#N)c2C1. The molecule has 28 heavy (non-hydrogen) atoms. The van der Waals surface area contributed by atoms with Crippen molar-refractivity contribution in [1.29, 1.82) is 5.26 Å². The standard InChI is InChI=1S/C23H20N2O2S/c1-15-11-12-21-18(13-15)19(14-24)23(28-21)25-22(26)17-9-5-6-10-20(17)27-16-7-3-2-4-8-16/h2-10,15H,11-13H2,1H3,(H,25,26). The topological polar surface area (TPSA) is 62.1 Å². The van der Waals surface area contributed by atoms with Gasteiger partial charge in [0.25, 0.3) is 5.91 Å². The van der Waals surface area contributed by atoms with Gasteiger partial charge in [0.2, 0.25) is 0 Å². The number of nitriles is 1. The van der Waals surface area contributed by atoms with Crippen LogP contribution in [0.3, 0.4) is 0 Å². The minimum absolute atomic E-state index is 0.269. The first-order valence-corrected chi connectivity index (χ1v) is 10.1. The van der Waals surface area contributed by atoms with E-state index in [9.17, 15) is 10.1 Å². The largest absolute Gasteiger partial charge is 0.457 e. The molecule has 140 valence electrons. The molecular weight excluding hydrogens is 368 g/mol. The monoisotopic (exact) mass is 388 g/mol. The number of para-hydroxylation sites is 2. The number of thiophene rings is 1. The summed E-state index contributed by atoms with van der Waals surface area (Å²) in [5.41, 5.74) is 2.16. The van der Waals surface area contributed by atoms with Gasteiger partial charge in [0, 0.05) is 4.88 Å². The fourth-order valence-corrected chi connectivity index (χ4v) is 4.68. The van der Waals surface area contributed by atoms with Crippen molar-refractivity contribution in [2.75, 3.05) is 5.32 Å². The fourth-order valence-electron chi connectivity index (χ4n) is 3.49. The lowest BCUT2D eigenvalue weighted by Gasteiger charge is -2.17. The third-order valence-corrected chi connectivity index (χ3v) is 6.16. The number of ether oxygens (including phenoxy) is 1. The van der Waals surface area contributed by atoms with Crippen LogP contribution in [0.25, 0.3) is 0 Å². The van der Waals surface area contributed by atoms with E-state index in [1.807, 2.05) is 36.4 Å². The van der Waals surface area contributed by atoms with Gasteiger partial charge in [-0.1, -0.05) is 37.3 Å². The Kier molecular flexibility index (Phi) is 5.14. The molecule has 1 aliphatic carbocycles. The molecular formula is C23H20N2O2S. The van der Waals surface area contributed by atoms with Crippen LogP contribution < -0.4 is 10.1 Å².